The highest BCUT2D eigenvalue weighted by Gasteiger charge is 2.05. The minimum atomic E-state index is -0.932. The lowest BCUT2D eigenvalue weighted by Crippen LogP contribution is -2.54. The quantitative estimate of drug-likeness (QED) is 0.469. The average Bonchev–Trinajstić information content (AvgIpc) is 1.69. The topological polar surface area (TPSA) is 27.3 Å². The Labute approximate surface area is 52.9 Å². The third-order valence-electron chi connectivity index (χ3n) is 1.06. The van der Waals surface area contributed by atoms with E-state index in [1.54, 1.807) is 0 Å². The summed E-state index contributed by atoms with van der Waals surface area (Å²) < 4.78 is 2.19. The van der Waals surface area contributed by atoms with E-state index in [2.05, 4.69) is 28.6 Å². The van der Waals surface area contributed by atoms with Gasteiger partial charge >= 0.3 is 0 Å². The fourth-order valence-corrected chi connectivity index (χ4v) is 1.98. The van der Waals surface area contributed by atoms with Gasteiger partial charge in [0.25, 0.3) is 9.28 Å². The van der Waals surface area contributed by atoms with Crippen LogP contribution in [0.25, 0.3) is 0 Å². The lowest BCUT2D eigenvalue weighted by atomic mass is 11.3. The Kier molecular flexibility index (Phi) is 4.07. The molecule has 0 heterocycles. The molecule has 0 aliphatic heterocycles. The third-order valence-corrected chi connectivity index (χ3v) is 3.19. The van der Waals surface area contributed by atoms with Crippen LogP contribution >= 0.6 is 0 Å². The molecule has 0 bridgehead atoms. The van der Waals surface area contributed by atoms with Crippen molar-refractivity contribution in [1.29, 1.82) is 0 Å². The lowest BCUT2D eigenvalue weighted by Gasteiger charge is -2.19. The summed E-state index contributed by atoms with van der Waals surface area (Å²) in [7, 11) is 7.17. The molecule has 0 aromatic carbocycles. The maximum Gasteiger partial charge on any atom is 0.266 e. The van der Waals surface area contributed by atoms with Crippen LogP contribution in [-0.2, 0) is 0 Å². The molecule has 0 saturated carbocycles. The fraction of sp³-hybridized carbons (Fsp3) is 1.00. The van der Waals surface area contributed by atoms with E-state index in [0.29, 0.717) is 0 Å². The minimum Gasteiger partial charge on any atom is -0.318 e. The average molecular weight is 133 g/mol. The van der Waals surface area contributed by atoms with Gasteiger partial charge in [-0.2, -0.15) is 0 Å². The molecule has 0 aromatic heterocycles. The monoisotopic (exact) mass is 133 g/mol. The molecular weight excluding hydrogens is 118 g/mol. The standard InChI is InChI=1S/C4H15N3Si/c1-5-8(6-2)7(3)4/h5-6,8H,1-4H3. The number of rotatable bonds is 3. The molecule has 0 aliphatic rings. The van der Waals surface area contributed by atoms with Crippen molar-refractivity contribution < 1.29 is 0 Å². The van der Waals surface area contributed by atoms with Crippen molar-refractivity contribution in [3.8, 4) is 0 Å². The van der Waals surface area contributed by atoms with Crippen LogP contribution < -0.4 is 9.96 Å². The van der Waals surface area contributed by atoms with Gasteiger partial charge in [0.15, 0.2) is 0 Å². The van der Waals surface area contributed by atoms with Gasteiger partial charge < -0.3 is 14.5 Å². The highest BCUT2D eigenvalue weighted by molar-refractivity contribution is 6.49. The minimum absolute atomic E-state index is 0.932. The van der Waals surface area contributed by atoms with Gasteiger partial charge in [-0.25, -0.2) is 0 Å². The zero-order valence-corrected chi connectivity index (χ0v) is 7.18. The summed E-state index contributed by atoms with van der Waals surface area (Å²) in [5.41, 5.74) is 0. The Morgan fingerprint density at radius 2 is 1.50 bits per heavy atom. The first-order valence-corrected chi connectivity index (χ1v) is 4.40. The number of hydrogen-bond donors (Lipinski definition) is 2. The molecule has 0 atom stereocenters. The van der Waals surface area contributed by atoms with Gasteiger partial charge in [-0.15, -0.1) is 0 Å². The predicted octanol–water partition coefficient (Wildman–Crippen LogP) is -1.30. The van der Waals surface area contributed by atoms with Crippen molar-refractivity contribution in [1.82, 2.24) is 14.5 Å². The SMILES string of the molecule is CN[SiH](NC)N(C)C. The zero-order chi connectivity index (χ0) is 6.57. The molecule has 0 spiro atoms. The molecule has 4 heteroatoms. The van der Waals surface area contributed by atoms with Crippen LogP contribution in [-0.4, -0.2) is 42.0 Å². The fourth-order valence-electron chi connectivity index (χ4n) is 0.661. The third kappa shape index (κ3) is 2.42. The van der Waals surface area contributed by atoms with E-state index in [0.717, 1.165) is 0 Å². The van der Waals surface area contributed by atoms with E-state index in [1.807, 2.05) is 14.1 Å². The molecular formula is C4H15N3Si. The van der Waals surface area contributed by atoms with Gasteiger partial charge in [0.1, 0.15) is 0 Å². The Morgan fingerprint density at radius 3 is 1.50 bits per heavy atom. The highest BCUT2D eigenvalue weighted by Crippen LogP contribution is 1.71. The van der Waals surface area contributed by atoms with Crippen molar-refractivity contribution in [3.63, 3.8) is 0 Å². The van der Waals surface area contributed by atoms with Gasteiger partial charge in [-0.05, 0) is 28.2 Å². The maximum atomic E-state index is 3.20. The smallest absolute Gasteiger partial charge is 0.266 e. The molecule has 2 N–H and O–H groups in total. The summed E-state index contributed by atoms with van der Waals surface area (Å²) in [5, 5.41) is 0. The number of hydrogen-bond acceptors (Lipinski definition) is 3. The summed E-state index contributed by atoms with van der Waals surface area (Å²) in [6.07, 6.45) is 0. The van der Waals surface area contributed by atoms with E-state index >= 15 is 0 Å². The van der Waals surface area contributed by atoms with Crippen LogP contribution in [0.4, 0.5) is 0 Å². The normalized spacial score (nSPS) is 11.2. The van der Waals surface area contributed by atoms with Crippen LogP contribution in [0.3, 0.4) is 0 Å². The molecule has 3 nitrogen and oxygen atoms in total. The van der Waals surface area contributed by atoms with Crippen molar-refractivity contribution in [2.24, 2.45) is 0 Å². The summed E-state index contributed by atoms with van der Waals surface area (Å²) in [6, 6.07) is 0. The summed E-state index contributed by atoms with van der Waals surface area (Å²) in [6.45, 7) is 0. The van der Waals surface area contributed by atoms with Gasteiger partial charge in [0, 0.05) is 0 Å². The maximum absolute atomic E-state index is 3.20. The van der Waals surface area contributed by atoms with Crippen LogP contribution in [0.2, 0.25) is 0 Å². The van der Waals surface area contributed by atoms with Crippen molar-refractivity contribution in [3.05, 3.63) is 0 Å². The summed E-state index contributed by atoms with van der Waals surface area (Å²) in [4.78, 5) is 6.41. The van der Waals surface area contributed by atoms with Gasteiger partial charge in [0.2, 0.25) is 0 Å². The molecule has 0 radical (unpaired) electrons. The van der Waals surface area contributed by atoms with Crippen LogP contribution in [0.15, 0.2) is 0 Å². The highest BCUT2D eigenvalue weighted by atomic mass is 28.3. The predicted molar refractivity (Wildman–Crippen MR) is 39.0 cm³/mol. The number of nitrogens with one attached hydrogen (secondary N) is 2. The Bertz CT molecular complexity index is 53.2. The van der Waals surface area contributed by atoms with Crippen LogP contribution in [0.1, 0.15) is 0 Å². The first-order chi connectivity index (χ1) is 3.72. The molecule has 50 valence electrons. The van der Waals surface area contributed by atoms with Gasteiger partial charge in [-0.1, -0.05) is 0 Å². The largest absolute Gasteiger partial charge is 0.318 e. The summed E-state index contributed by atoms with van der Waals surface area (Å²) in [5.74, 6) is 0. The van der Waals surface area contributed by atoms with Crippen LogP contribution in [0.5, 0.6) is 0 Å². The second kappa shape index (κ2) is 4.02. The van der Waals surface area contributed by atoms with Crippen LogP contribution in [0, 0.1) is 0 Å². The first-order valence-electron chi connectivity index (χ1n) is 2.73. The molecule has 0 fully saturated rings. The molecule has 0 amide bonds. The number of nitrogens with zero attached hydrogens (tertiary/aromatic N) is 1. The molecule has 0 unspecified atom stereocenters. The Morgan fingerprint density at radius 1 is 1.12 bits per heavy atom. The van der Waals surface area contributed by atoms with Crippen molar-refractivity contribution in [2.75, 3.05) is 28.2 Å². The second-order valence-corrected chi connectivity index (χ2v) is 4.94. The molecule has 0 aliphatic carbocycles. The van der Waals surface area contributed by atoms with E-state index < -0.39 is 9.28 Å². The Balaban J connectivity index is 3.35. The second-order valence-electron chi connectivity index (χ2n) is 1.94. The summed E-state index contributed by atoms with van der Waals surface area (Å²) >= 11 is 0. The van der Waals surface area contributed by atoms with Gasteiger partial charge in [-0.3, -0.25) is 0 Å². The van der Waals surface area contributed by atoms with E-state index in [4.69, 9.17) is 0 Å². The van der Waals surface area contributed by atoms with E-state index in [9.17, 15) is 0 Å². The molecule has 0 saturated heterocycles. The van der Waals surface area contributed by atoms with E-state index in [-0.39, 0.29) is 0 Å². The first kappa shape index (κ1) is 8.10. The molecule has 0 rings (SSSR count). The Hall–Kier alpha value is 0.0969. The van der Waals surface area contributed by atoms with Crippen molar-refractivity contribution in [2.45, 2.75) is 0 Å². The van der Waals surface area contributed by atoms with Gasteiger partial charge in [0.05, 0.1) is 0 Å². The van der Waals surface area contributed by atoms with Crippen molar-refractivity contribution >= 4 is 9.28 Å². The zero-order valence-electron chi connectivity index (χ0n) is 6.02. The van der Waals surface area contributed by atoms with E-state index in [1.165, 1.54) is 0 Å². The molecule has 8 heavy (non-hydrogen) atoms. The lowest BCUT2D eigenvalue weighted by molar-refractivity contribution is 0.608. The molecule has 0 aromatic rings.